The van der Waals surface area contributed by atoms with E-state index in [1.165, 1.54) is 0 Å². The van der Waals surface area contributed by atoms with Crippen molar-refractivity contribution < 1.29 is 23.8 Å². The normalized spacial score (nSPS) is 10.3. The number of halogens is 4. The van der Waals surface area contributed by atoms with Crippen LogP contribution in [-0.2, 0) is 0 Å². The molecule has 0 amide bonds. The molecule has 0 saturated heterocycles. The van der Waals surface area contributed by atoms with Gasteiger partial charge < -0.3 is 10.2 Å². The predicted molar refractivity (Wildman–Crippen MR) is 45.0 cm³/mol. The van der Waals surface area contributed by atoms with Crippen molar-refractivity contribution in [3.63, 3.8) is 0 Å². The summed E-state index contributed by atoms with van der Waals surface area (Å²) in [5.41, 5.74) is -0.916. The van der Waals surface area contributed by atoms with Crippen LogP contribution in [0.2, 0.25) is 10.0 Å². The number of phenolic OH excluding ortho intramolecular Hbond substituents is 1. The Morgan fingerprint density at radius 3 is 1.79 bits per heavy atom. The zero-order chi connectivity index (χ0) is 11.0. The van der Waals surface area contributed by atoms with Gasteiger partial charge in [0.1, 0.15) is 5.56 Å². The number of hydrogen-bond acceptors (Lipinski definition) is 2. The molecule has 0 bridgehead atoms. The van der Waals surface area contributed by atoms with E-state index in [1.807, 2.05) is 0 Å². The number of phenols is 1. The van der Waals surface area contributed by atoms with Crippen LogP contribution in [0, 0.1) is 11.6 Å². The van der Waals surface area contributed by atoms with Gasteiger partial charge in [-0.1, -0.05) is 23.2 Å². The molecule has 3 nitrogen and oxygen atoms in total. The van der Waals surface area contributed by atoms with Crippen LogP contribution in [0.4, 0.5) is 8.78 Å². The van der Waals surface area contributed by atoms with E-state index < -0.39 is 39.0 Å². The van der Waals surface area contributed by atoms with Gasteiger partial charge >= 0.3 is 5.97 Å². The number of carbonyl (C=O) groups is 1. The molecule has 0 heterocycles. The van der Waals surface area contributed by atoms with Crippen molar-refractivity contribution >= 4 is 29.2 Å². The topological polar surface area (TPSA) is 57.5 Å². The summed E-state index contributed by atoms with van der Waals surface area (Å²) < 4.78 is 25.7. The summed E-state index contributed by atoms with van der Waals surface area (Å²) in [4.78, 5) is 10.5. The van der Waals surface area contributed by atoms with Crippen LogP contribution in [0.5, 0.6) is 5.75 Å². The summed E-state index contributed by atoms with van der Waals surface area (Å²) in [7, 11) is 0. The Kier molecular flexibility index (Phi) is 2.82. The Hall–Kier alpha value is -1.07. The minimum absolute atomic E-state index is 0.916. The minimum atomic E-state index is -1.68. The first kappa shape index (κ1) is 11.0. The van der Waals surface area contributed by atoms with Gasteiger partial charge in [0.15, 0.2) is 17.4 Å². The summed E-state index contributed by atoms with van der Waals surface area (Å²) in [6, 6.07) is 0. The Labute approximate surface area is 86.5 Å². The molecule has 76 valence electrons. The number of aromatic carboxylic acids is 1. The maximum atomic E-state index is 12.8. The van der Waals surface area contributed by atoms with Gasteiger partial charge in [-0.2, -0.15) is 0 Å². The highest BCUT2D eigenvalue weighted by atomic mass is 35.5. The van der Waals surface area contributed by atoms with Crippen LogP contribution in [-0.4, -0.2) is 16.2 Å². The van der Waals surface area contributed by atoms with E-state index in [0.717, 1.165) is 0 Å². The number of hydrogen-bond donors (Lipinski definition) is 2. The smallest absolute Gasteiger partial charge is 0.338 e. The molecule has 2 N–H and O–H groups in total. The third-order valence-corrected chi connectivity index (χ3v) is 2.16. The van der Waals surface area contributed by atoms with E-state index in [9.17, 15) is 13.6 Å². The first-order valence-electron chi connectivity index (χ1n) is 3.16. The first-order chi connectivity index (χ1) is 6.37. The van der Waals surface area contributed by atoms with Crippen molar-refractivity contribution in [3.8, 4) is 5.75 Å². The third-order valence-electron chi connectivity index (χ3n) is 1.45. The van der Waals surface area contributed by atoms with E-state index in [2.05, 4.69) is 0 Å². The standard InChI is InChI=1S/C7H2Cl2F2O3/c8-2-1(7(13)14)3(9)5(11)6(12)4(2)10/h12H,(H,13,14). The second kappa shape index (κ2) is 3.59. The van der Waals surface area contributed by atoms with Crippen molar-refractivity contribution in [2.24, 2.45) is 0 Å². The Morgan fingerprint density at radius 2 is 1.50 bits per heavy atom. The molecule has 0 spiro atoms. The third kappa shape index (κ3) is 1.49. The molecule has 7 heteroatoms. The number of rotatable bonds is 1. The van der Waals surface area contributed by atoms with E-state index in [4.69, 9.17) is 33.4 Å². The molecule has 0 aliphatic carbocycles. The van der Waals surface area contributed by atoms with Crippen molar-refractivity contribution in [2.75, 3.05) is 0 Å². The molecule has 1 aromatic rings. The molecule has 0 aromatic heterocycles. The average molecular weight is 243 g/mol. The molecule has 0 fully saturated rings. The minimum Gasteiger partial charge on any atom is -0.503 e. The van der Waals surface area contributed by atoms with Gasteiger partial charge in [0.05, 0.1) is 10.0 Å². The molecule has 0 aliphatic rings. The van der Waals surface area contributed by atoms with Gasteiger partial charge in [0.2, 0.25) is 0 Å². The van der Waals surface area contributed by atoms with Crippen molar-refractivity contribution in [1.82, 2.24) is 0 Å². The number of benzene rings is 1. The van der Waals surface area contributed by atoms with Crippen LogP contribution < -0.4 is 0 Å². The largest absolute Gasteiger partial charge is 0.503 e. The SMILES string of the molecule is O=C(O)c1c(Cl)c(F)c(O)c(F)c1Cl. The molecule has 0 saturated carbocycles. The van der Waals surface area contributed by atoms with Gasteiger partial charge in [-0.25, -0.2) is 13.6 Å². The molecule has 0 atom stereocenters. The lowest BCUT2D eigenvalue weighted by molar-refractivity contribution is 0.0696. The van der Waals surface area contributed by atoms with Crippen molar-refractivity contribution in [1.29, 1.82) is 0 Å². The van der Waals surface area contributed by atoms with E-state index >= 15 is 0 Å². The van der Waals surface area contributed by atoms with Crippen LogP contribution in [0.3, 0.4) is 0 Å². The van der Waals surface area contributed by atoms with E-state index in [1.54, 1.807) is 0 Å². The summed E-state index contributed by atoms with van der Waals surface area (Å²) in [5.74, 6) is -6.18. The lowest BCUT2D eigenvalue weighted by atomic mass is 10.2. The Balaban J connectivity index is 3.68. The van der Waals surface area contributed by atoms with Crippen molar-refractivity contribution in [3.05, 3.63) is 27.2 Å². The lowest BCUT2D eigenvalue weighted by Crippen LogP contribution is -2.03. The van der Waals surface area contributed by atoms with Crippen LogP contribution >= 0.6 is 23.2 Å². The molecular weight excluding hydrogens is 241 g/mol. The van der Waals surface area contributed by atoms with Gasteiger partial charge in [-0.3, -0.25) is 0 Å². The van der Waals surface area contributed by atoms with Gasteiger partial charge in [-0.05, 0) is 0 Å². The first-order valence-corrected chi connectivity index (χ1v) is 3.91. The monoisotopic (exact) mass is 242 g/mol. The zero-order valence-corrected chi connectivity index (χ0v) is 7.83. The highest BCUT2D eigenvalue weighted by Gasteiger charge is 2.26. The average Bonchev–Trinajstić information content (AvgIpc) is 2.11. The van der Waals surface area contributed by atoms with E-state index in [0.29, 0.717) is 0 Å². The highest BCUT2D eigenvalue weighted by Crippen LogP contribution is 2.36. The molecular formula is C7H2Cl2F2O3. The fourth-order valence-corrected chi connectivity index (χ4v) is 1.39. The molecule has 0 radical (unpaired) electrons. The molecule has 14 heavy (non-hydrogen) atoms. The Bertz CT molecular complexity index is 391. The molecule has 1 rings (SSSR count). The fraction of sp³-hybridized carbons (Fsp3) is 0. The molecule has 0 unspecified atom stereocenters. The van der Waals surface area contributed by atoms with Gasteiger partial charge in [0, 0.05) is 0 Å². The van der Waals surface area contributed by atoms with Crippen LogP contribution in [0.1, 0.15) is 10.4 Å². The maximum Gasteiger partial charge on any atom is 0.338 e. The van der Waals surface area contributed by atoms with Crippen molar-refractivity contribution in [2.45, 2.75) is 0 Å². The predicted octanol–water partition coefficient (Wildman–Crippen LogP) is 2.68. The highest BCUT2D eigenvalue weighted by molar-refractivity contribution is 6.39. The van der Waals surface area contributed by atoms with E-state index in [-0.39, 0.29) is 0 Å². The van der Waals surface area contributed by atoms with Gasteiger partial charge in [0.25, 0.3) is 0 Å². The van der Waals surface area contributed by atoms with Crippen LogP contribution in [0.25, 0.3) is 0 Å². The molecule has 0 aliphatic heterocycles. The summed E-state index contributed by atoms with van der Waals surface area (Å²) >= 11 is 10.4. The number of carboxylic acid groups (broad SMARTS) is 1. The summed E-state index contributed by atoms with van der Waals surface area (Å²) in [6.07, 6.45) is 0. The number of aromatic hydroxyl groups is 1. The molecule has 1 aromatic carbocycles. The second-order valence-electron chi connectivity index (χ2n) is 2.28. The van der Waals surface area contributed by atoms with Crippen LogP contribution in [0.15, 0.2) is 0 Å². The fourth-order valence-electron chi connectivity index (χ4n) is 0.808. The Morgan fingerprint density at radius 1 is 1.14 bits per heavy atom. The summed E-state index contributed by atoms with van der Waals surface area (Å²) in [5, 5.41) is 15.4. The van der Waals surface area contributed by atoms with Gasteiger partial charge in [-0.15, -0.1) is 0 Å². The zero-order valence-electron chi connectivity index (χ0n) is 6.31. The lowest BCUT2D eigenvalue weighted by Gasteiger charge is -2.06. The maximum absolute atomic E-state index is 12.8. The number of carboxylic acids is 1. The second-order valence-corrected chi connectivity index (χ2v) is 3.04. The quantitative estimate of drug-likeness (QED) is 0.745. The summed E-state index contributed by atoms with van der Waals surface area (Å²) in [6.45, 7) is 0.